The monoisotopic (exact) mass is 554 g/mol. The minimum atomic E-state index is -0.0581. The number of pyridine rings is 1. The summed E-state index contributed by atoms with van der Waals surface area (Å²) in [4.78, 5) is 7.26. The summed E-state index contributed by atoms with van der Waals surface area (Å²) in [5.41, 5.74) is 5.42. The van der Waals surface area contributed by atoms with Gasteiger partial charge >= 0.3 is 0 Å². The molecule has 0 saturated carbocycles. The molecule has 10 heteroatoms. The van der Waals surface area contributed by atoms with Crippen molar-refractivity contribution >= 4 is 16.8 Å². The highest BCUT2D eigenvalue weighted by atomic mass is 16.7. The number of morpholine rings is 1. The van der Waals surface area contributed by atoms with Gasteiger partial charge in [0.2, 0.25) is 0 Å². The van der Waals surface area contributed by atoms with Crippen molar-refractivity contribution in [1.29, 1.82) is 0 Å². The topological polar surface area (TPSA) is 92.6 Å². The standard InChI is InChI=1S/C31H34N6O4/c1-2-7-23(8-3-1)25-10-12-37(34-25)29-20-27(35-13-17-38-18-14-35)31-26(33-29)19-28(41-31)24-21-32-36(22-24)11-6-16-40-30-9-4-5-15-39-30/h1-3,7-8,10,12,19-22,30H,4-6,9,11,13-18H2. The van der Waals surface area contributed by atoms with Crippen LogP contribution in [0.3, 0.4) is 0 Å². The first-order chi connectivity index (χ1) is 20.3. The molecule has 7 rings (SSSR count). The van der Waals surface area contributed by atoms with Crippen molar-refractivity contribution in [1.82, 2.24) is 24.5 Å². The molecule has 2 fully saturated rings. The summed E-state index contributed by atoms with van der Waals surface area (Å²) in [6, 6.07) is 16.2. The zero-order valence-corrected chi connectivity index (χ0v) is 23.0. The van der Waals surface area contributed by atoms with Crippen molar-refractivity contribution in [2.45, 2.75) is 38.5 Å². The number of aryl methyl sites for hydroxylation is 1. The zero-order chi connectivity index (χ0) is 27.4. The second-order valence-corrected chi connectivity index (χ2v) is 10.4. The molecule has 1 aromatic carbocycles. The number of aromatic nitrogens is 5. The fraction of sp³-hybridized carbons (Fsp3) is 0.387. The Morgan fingerprint density at radius 3 is 2.73 bits per heavy atom. The lowest BCUT2D eigenvalue weighted by atomic mass is 10.2. The summed E-state index contributed by atoms with van der Waals surface area (Å²) in [6.45, 7) is 5.14. The van der Waals surface area contributed by atoms with Crippen LogP contribution in [0, 0.1) is 0 Å². The first kappa shape index (κ1) is 25.9. The van der Waals surface area contributed by atoms with E-state index < -0.39 is 0 Å². The third-order valence-electron chi connectivity index (χ3n) is 7.58. The average molecular weight is 555 g/mol. The molecule has 2 saturated heterocycles. The number of nitrogens with zero attached hydrogens (tertiary/aromatic N) is 6. The maximum atomic E-state index is 6.45. The van der Waals surface area contributed by atoms with Crippen LogP contribution in [-0.2, 0) is 20.8 Å². The van der Waals surface area contributed by atoms with Crippen LogP contribution in [0.5, 0.6) is 0 Å². The molecule has 2 aliphatic heterocycles. The van der Waals surface area contributed by atoms with Crippen LogP contribution in [0.4, 0.5) is 5.69 Å². The first-order valence-electron chi connectivity index (χ1n) is 14.4. The van der Waals surface area contributed by atoms with E-state index in [0.717, 1.165) is 90.7 Å². The van der Waals surface area contributed by atoms with Gasteiger partial charge in [0.15, 0.2) is 17.7 Å². The molecule has 1 atom stereocenters. The van der Waals surface area contributed by atoms with Crippen LogP contribution in [-0.4, -0.2) is 70.4 Å². The van der Waals surface area contributed by atoms with Gasteiger partial charge in [0.1, 0.15) is 11.3 Å². The number of anilines is 1. The number of benzene rings is 1. The molecule has 0 bridgehead atoms. The van der Waals surface area contributed by atoms with E-state index in [9.17, 15) is 0 Å². The van der Waals surface area contributed by atoms with E-state index in [-0.39, 0.29) is 6.29 Å². The van der Waals surface area contributed by atoms with Crippen LogP contribution < -0.4 is 4.90 Å². The first-order valence-corrected chi connectivity index (χ1v) is 14.4. The summed E-state index contributed by atoms with van der Waals surface area (Å²) < 4.78 is 27.4. The highest BCUT2D eigenvalue weighted by Crippen LogP contribution is 2.35. The van der Waals surface area contributed by atoms with Crippen molar-refractivity contribution < 1.29 is 18.6 Å². The van der Waals surface area contributed by atoms with Gasteiger partial charge in [-0.2, -0.15) is 10.2 Å². The molecule has 0 aliphatic carbocycles. The van der Waals surface area contributed by atoms with Crippen LogP contribution >= 0.6 is 0 Å². The Bertz CT molecular complexity index is 1580. The maximum Gasteiger partial charge on any atom is 0.176 e. The number of ether oxygens (including phenoxy) is 3. The Kier molecular flexibility index (Phi) is 7.50. The van der Waals surface area contributed by atoms with Gasteiger partial charge in [0.25, 0.3) is 0 Å². The predicted octanol–water partition coefficient (Wildman–Crippen LogP) is 5.31. The fourth-order valence-corrected chi connectivity index (χ4v) is 5.40. The predicted molar refractivity (Wildman–Crippen MR) is 155 cm³/mol. The van der Waals surface area contributed by atoms with E-state index in [1.54, 1.807) is 0 Å². The highest BCUT2D eigenvalue weighted by Gasteiger charge is 2.21. The third-order valence-corrected chi connectivity index (χ3v) is 7.58. The highest BCUT2D eigenvalue weighted by molar-refractivity contribution is 5.91. The van der Waals surface area contributed by atoms with Crippen molar-refractivity contribution in [2.24, 2.45) is 0 Å². The van der Waals surface area contributed by atoms with Crippen LogP contribution in [0.1, 0.15) is 25.7 Å². The Morgan fingerprint density at radius 1 is 0.976 bits per heavy atom. The molecule has 212 valence electrons. The fourth-order valence-electron chi connectivity index (χ4n) is 5.40. The van der Waals surface area contributed by atoms with Gasteiger partial charge in [-0.25, -0.2) is 9.67 Å². The second kappa shape index (κ2) is 11.9. The van der Waals surface area contributed by atoms with E-state index in [2.05, 4.69) is 28.2 Å². The summed E-state index contributed by atoms with van der Waals surface area (Å²) in [5, 5.41) is 9.39. The van der Waals surface area contributed by atoms with Crippen molar-refractivity contribution in [2.75, 3.05) is 44.4 Å². The third kappa shape index (κ3) is 5.76. The Labute approximate surface area is 238 Å². The zero-order valence-electron chi connectivity index (χ0n) is 23.0. The number of furan rings is 1. The van der Waals surface area contributed by atoms with Gasteiger partial charge in [-0.05, 0) is 31.7 Å². The van der Waals surface area contributed by atoms with E-state index in [1.807, 2.05) is 58.3 Å². The minimum Gasteiger partial charge on any atom is -0.452 e. The Balaban J connectivity index is 1.13. The molecular weight excluding hydrogens is 520 g/mol. The normalized spacial score (nSPS) is 17.9. The molecule has 41 heavy (non-hydrogen) atoms. The SMILES string of the molecule is c1ccc(-c2ccn(-c3cc(N4CCOCC4)c4oc(-c5cnn(CCCOC6CCCCO6)c5)cc4n3)n2)cc1. The van der Waals surface area contributed by atoms with Crippen LogP contribution in [0.2, 0.25) is 0 Å². The quantitative estimate of drug-likeness (QED) is 0.226. The van der Waals surface area contributed by atoms with E-state index in [4.69, 9.17) is 28.7 Å². The molecule has 0 amide bonds. The molecule has 6 heterocycles. The average Bonchev–Trinajstić information content (AvgIpc) is 3.80. The van der Waals surface area contributed by atoms with Gasteiger partial charge in [0, 0.05) is 56.3 Å². The van der Waals surface area contributed by atoms with E-state index in [0.29, 0.717) is 19.8 Å². The van der Waals surface area contributed by atoms with Crippen molar-refractivity contribution in [3.63, 3.8) is 0 Å². The number of rotatable bonds is 9. The second-order valence-electron chi connectivity index (χ2n) is 10.4. The Morgan fingerprint density at radius 2 is 1.88 bits per heavy atom. The van der Waals surface area contributed by atoms with E-state index >= 15 is 0 Å². The molecule has 5 aromatic rings. The molecule has 0 radical (unpaired) electrons. The molecule has 0 spiro atoms. The smallest absolute Gasteiger partial charge is 0.176 e. The largest absolute Gasteiger partial charge is 0.452 e. The summed E-state index contributed by atoms with van der Waals surface area (Å²) in [6.07, 6.45) is 9.90. The molecule has 0 N–H and O–H groups in total. The van der Waals surface area contributed by atoms with E-state index in [1.165, 1.54) is 6.42 Å². The van der Waals surface area contributed by atoms with Crippen molar-refractivity contribution in [3.05, 3.63) is 67.1 Å². The van der Waals surface area contributed by atoms with Crippen molar-refractivity contribution in [3.8, 4) is 28.4 Å². The lowest BCUT2D eigenvalue weighted by Gasteiger charge is -2.28. The van der Waals surface area contributed by atoms with Gasteiger partial charge in [-0.1, -0.05) is 30.3 Å². The van der Waals surface area contributed by atoms with Gasteiger partial charge in [-0.3, -0.25) is 4.68 Å². The molecule has 2 aliphatic rings. The molecule has 10 nitrogen and oxygen atoms in total. The number of hydrogen-bond acceptors (Lipinski definition) is 8. The lowest BCUT2D eigenvalue weighted by Crippen LogP contribution is -2.36. The summed E-state index contributed by atoms with van der Waals surface area (Å²) in [5.74, 6) is 1.48. The minimum absolute atomic E-state index is 0.0581. The summed E-state index contributed by atoms with van der Waals surface area (Å²) >= 11 is 0. The Hall–Kier alpha value is -3.99. The maximum absolute atomic E-state index is 6.45. The van der Waals surface area contributed by atoms with Gasteiger partial charge in [-0.15, -0.1) is 0 Å². The number of hydrogen-bond donors (Lipinski definition) is 0. The van der Waals surface area contributed by atoms with Crippen LogP contribution in [0.25, 0.3) is 39.5 Å². The number of fused-ring (bicyclic) bond motifs is 1. The lowest BCUT2D eigenvalue weighted by molar-refractivity contribution is -0.163. The molecule has 1 unspecified atom stereocenters. The van der Waals surface area contributed by atoms with Gasteiger partial charge in [0.05, 0.1) is 43.0 Å². The molecular formula is C31H34N6O4. The van der Waals surface area contributed by atoms with Gasteiger partial charge < -0.3 is 23.5 Å². The molecule has 4 aromatic heterocycles. The van der Waals surface area contributed by atoms with Crippen LogP contribution in [0.15, 0.2) is 71.5 Å². The summed E-state index contributed by atoms with van der Waals surface area (Å²) in [7, 11) is 0.